The second-order valence-electron chi connectivity index (χ2n) is 5.12. The maximum atomic E-state index is 12.2. The molecule has 0 bridgehead atoms. The minimum atomic E-state index is -0.670. The lowest BCUT2D eigenvalue weighted by Gasteiger charge is -2.31. The molecule has 6 nitrogen and oxygen atoms in total. The van der Waals surface area contributed by atoms with Crippen molar-refractivity contribution in [2.45, 2.75) is 26.8 Å². The Hall–Kier alpha value is -2.37. The molecule has 6 heteroatoms. The number of carbonyl (C=O) groups excluding carboxylic acids is 3. The van der Waals surface area contributed by atoms with E-state index in [1.54, 1.807) is 6.92 Å². The first kappa shape index (κ1) is 15.0. The van der Waals surface area contributed by atoms with E-state index in [1.807, 2.05) is 32.0 Å². The molecule has 2 rings (SSSR count). The lowest BCUT2D eigenvalue weighted by molar-refractivity contribution is -0.150. The van der Waals surface area contributed by atoms with Crippen molar-refractivity contribution in [2.24, 2.45) is 0 Å². The molecule has 1 aromatic carbocycles. The first-order chi connectivity index (χ1) is 9.90. The third-order valence-corrected chi connectivity index (χ3v) is 3.49. The average molecular weight is 290 g/mol. The van der Waals surface area contributed by atoms with Gasteiger partial charge in [-0.3, -0.25) is 19.7 Å². The summed E-state index contributed by atoms with van der Waals surface area (Å²) in [6.45, 7) is 5.05. The highest BCUT2D eigenvalue weighted by atomic mass is 16.5. The van der Waals surface area contributed by atoms with Gasteiger partial charge in [-0.05, 0) is 31.9 Å². The molecule has 1 aliphatic heterocycles. The van der Waals surface area contributed by atoms with Crippen molar-refractivity contribution in [3.05, 3.63) is 29.3 Å². The summed E-state index contributed by atoms with van der Waals surface area (Å²) in [4.78, 5) is 36.3. The second-order valence-corrected chi connectivity index (χ2v) is 5.12. The highest BCUT2D eigenvalue weighted by molar-refractivity contribution is 6.04. The molecular formula is C15H18N2O4. The van der Waals surface area contributed by atoms with Crippen LogP contribution in [-0.4, -0.2) is 41.8 Å². The standard InChI is InChI=1S/C15H18N2O4/c1-9-5-4-6-10(2)14(9)21-8-13(19)17-7-12(18)16-15(20)11(17)3/h4-6,11H,7-8H2,1-3H3,(H,16,18,20). The van der Waals surface area contributed by atoms with Crippen LogP contribution in [0, 0.1) is 13.8 Å². The van der Waals surface area contributed by atoms with E-state index in [0.29, 0.717) is 5.75 Å². The van der Waals surface area contributed by atoms with E-state index in [2.05, 4.69) is 5.32 Å². The number of hydrogen-bond acceptors (Lipinski definition) is 4. The van der Waals surface area contributed by atoms with E-state index in [-0.39, 0.29) is 19.1 Å². The summed E-state index contributed by atoms with van der Waals surface area (Å²) in [5, 5.41) is 2.19. The molecule has 0 radical (unpaired) electrons. The summed E-state index contributed by atoms with van der Waals surface area (Å²) in [5.41, 5.74) is 1.87. The zero-order valence-corrected chi connectivity index (χ0v) is 12.3. The summed E-state index contributed by atoms with van der Waals surface area (Å²) < 4.78 is 5.57. The van der Waals surface area contributed by atoms with Crippen LogP contribution in [0.15, 0.2) is 18.2 Å². The van der Waals surface area contributed by atoms with Crippen molar-refractivity contribution in [3.63, 3.8) is 0 Å². The Balaban J connectivity index is 2.04. The number of amides is 3. The SMILES string of the molecule is Cc1cccc(C)c1OCC(=O)N1CC(=O)NC(=O)C1C. The fourth-order valence-electron chi connectivity index (χ4n) is 2.26. The van der Waals surface area contributed by atoms with Crippen molar-refractivity contribution < 1.29 is 19.1 Å². The predicted octanol–water partition coefficient (Wildman–Crippen LogP) is 0.556. The smallest absolute Gasteiger partial charge is 0.261 e. The molecule has 0 spiro atoms. The number of nitrogens with zero attached hydrogens (tertiary/aromatic N) is 1. The Bertz CT molecular complexity index is 577. The van der Waals surface area contributed by atoms with Crippen LogP contribution < -0.4 is 10.1 Å². The van der Waals surface area contributed by atoms with Crippen molar-refractivity contribution in [1.82, 2.24) is 10.2 Å². The van der Waals surface area contributed by atoms with Crippen molar-refractivity contribution in [2.75, 3.05) is 13.2 Å². The second kappa shape index (κ2) is 5.95. The number of benzene rings is 1. The molecule has 1 aliphatic rings. The molecule has 3 amide bonds. The summed E-state index contributed by atoms with van der Waals surface area (Å²) in [5.74, 6) is -0.662. The van der Waals surface area contributed by atoms with E-state index in [4.69, 9.17) is 4.74 Å². The topological polar surface area (TPSA) is 75.7 Å². The van der Waals surface area contributed by atoms with Crippen LogP contribution in [0.1, 0.15) is 18.1 Å². The summed E-state index contributed by atoms with van der Waals surface area (Å²) in [7, 11) is 0. The molecule has 0 aromatic heterocycles. The van der Waals surface area contributed by atoms with Crippen LogP contribution in [0.5, 0.6) is 5.75 Å². The lowest BCUT2D eigenvalue weighted by atomic mass is 10.1. The average Bonchev–Trinajstić information content (AvgIpc) is 2.42. The van der Waals surface area contributed by atoms with Gasteiger partial charge in [0.2, 0.25) is 11.8 Å². The quantitative estimate of drug-likeness (QED) is 0.825. The fourth-order valence-corrected chi connectivity index (χ4v) is 2.26. The molecule has 21 heavy (non-hydrogen) atoms. The van der Waals surface area contributed by atoms with Gasteiger partial charge in [-0.25, -0.2) is 0 Å². The van der Waals surface area contributed by atoms with Crippen molar-refractivity contribution >= 4 is 17.7 Å². The monoisotopic (exact) mass is 290 g/mol. The Labute approximate surface area is 123 Å². The highest BCUT2D eigenvalue weighted by Gasteiger charge is 2.33. The third kappa shape index (κ3) is 3.21. The molecule has 1 heterocycles. The number of imide groups is 1. The zero-order chi connectivity index (χ0) is 15.6. The first-order valence-corrected chi connectivity index (χ1v) is 6.72. The number of aryl methyl sites for hydroxylation is 2. The van der Waals surface area contributed by atoms with Crippen molar-refractivity contribution in [1.29, 1.82) is 0 Å². The number of nitrogens with one attached hydrogen (secondary N) is 1. The maximum Gasteiger partial charge on any atom is 0.261 e. The number of piperazine rings is 1. The van der Waals surface area contributed by atoms with Gasteiger partial charge in [0.1, 0.15) is 18.3 Å². The number of carbonyl (C=O) groups is 3. The van der Waals surface area contributed by atoms with E-state index in [1.165, 1.54) is 4.90 Å². The largest absolute Gasteiger partial charge is 0.483 e. The first-order valence-electron chi connectivity index (χ1n) is 6.72. The molecule has 0 saturated carbocycles. The molecule has 1 N–H and O–H groups in total. The minimum absolute atomic E-state index is 0.123. The normalized spacial score (nSPS) is 18.4. The lowest BCUT2D eigenvalue weighted by Crippen LogP contribution is -2.59. The van der Waals surface area contributed by atoms with Crippen LogP contribution in [0.3, 0.4) is 0 Å². The van der Waals surface area contributed by atoms with Crippen LogP contribution >= 0.6 is 0 Å². The highest BCUT2D eigenvalue weighted by Crippen LogP contribution is 2.22. The Morgan fingerprint density at radius 3 is 2.57 bits per heavy atom. The van der Waals surface area contributed by atoms with Gasteiger partial charge in [0, 0.05) is 0 Å². The van der Waals surface area contributed by atoms with Gasteiger partial charge in [0.15, 0.2) is 6.61 Å². The van der Waals surface area contributed by atoms with Gasteiger partial charge >= 0.3 is 0 Å². The van der Waals surface area contributed by atoms with Gasteiger partial charge < -0.3 is 9.64 Å². The number of ether oxygens (including phenoxy) is 1. The van der Waals surface area contributed by atoms with Gasteiger partial charge in [0.05, 0.1) is 0 Å². The summed E-state index contributed by atoms with van der Waals surface area (Å²) in [6.07, 6.45) is 0. The minimum Gasteiger partial charge on any atom is -0.483 e. The molecule has 1 saturated heterocycles. The van der Waals surface area contributed by atoms with E-state index < -0.39 is 17.9 Å². The molecular weight excluding hydrogens is 272 g/mol. The number of rotatable bonds is 3. The molecule has 1 fully saturated rings. The summed E-state index contributed by atoms with van der Waals surface area (Å²) in [6, 6.07) is 5.03. The molecule has 0 aliphatic carbocycles. The summed E-state index contributed by atoms with van der Waals surface area (Å²) >= 11 is 0. The Morgan fingerprint density at radius 2 is 1.95 bits per heavy atom. The van der Waals surface area contributed by atoms with Gasteiger partial charge in [-0.1, -0.05) is 18.2 Å². The number of hydrogen-bond donors (Lipinski definition) is 1. The predicted molar refractivity (Wildman–Crippen MR) is 75.7 cm³/mol. The molecule has 1 unspecified atom stereocenters. The molecule has 1 atom stereocenters. The van der Waals surface area contributed by atoms with E-state index >= 15 is 0 Å². The molecule has 1 aromatic rings. The Morgan fingerprint density at radius 1 is 1.33 bits per heavy atom. The van der Waals surface area contributed by atoms with Crippen LogP contribution in [0.4, 0.5) is 0 Å². The fraction of sp³-hybridized carbons (Fsp3) is 0.400. The van der Waals surface area contributed by atoms with Gasteiger partial charge in [-0.15, -0.1) is 0 Å². The zero-order valence-electron chi connectivity index (χ0n) is 12.3. The van der Waals surface area contributed by atoms with Crippen molar-refractivity contribution in [3.8, 4) is 5.75 Å². The Kier molecular flexibility index (Phi) is 4.26. The third-order valence-electron chi connectivity index (χ3n) is 3.49. The van der Waals surface area contributed by atoms with Gasteiger partial charge in [-0.2, -0.15) is 0 Å². The van der Waals surface area contributed by atoms with Crippen LogP contribution in [0.25, 0.3) is 0 Å². The number of para-hydroxylation sites is 1. The van der Waals surface area contributed by atoms with E-state index in [9.17, 15) is 14.4 Å². The van der Waals surface area contributed by atoms with Gasteiger partial charge in [0.25, 0.3) is 5.91 Å². The van der Waals surface area contributed by atoms with E-state index in [0.717, 1.165) is 11.1 Å². The van der Waals surface area contributed by atoms with Crippen LogP contribution in [-0.2, 0) is 14.4 Å². The maximum absolute atomic E-state index is 12.2. The van der Waals surface area contributed by atoms with Crippen LogP contribution in [0.2, 0.25) is 0 Å². The molecule has 112 valence electrons.